The number of carbonyl (C=O) groups is 2. The van der Waals surface area contributed by atoms with Crippen LogP contribution in [0.25, 0.3) is 0 Å². The van der Waals surface area contributed by atoms with Crippen LogP contribution >= 0.6 is 0 Å². The molecular formula is C9H12O4. The minimum atomic E-state index is -1.36. The Morgan fingerprint density at radius 1 is 1.69 bits per heavy atom. The largest absolute Gasteiger partial charge is 0.480 e. The fourth-order valence-corrected chi connectivity index (χ4v) is 1.71. The smallest absolute Gasteiger partial charge is 0.323 e. The van der Waals surface area contributed by atoms with E-state index in [9.17, 15) is 9.59 Å². The van der Waals surface area contributed by atoms with Crippen molar-refractivity contribution in [3.63, 3.8) is 0 Å². The molecule has 4 heteroatoms. The fraction of sp³-hybridized carbons (Fsp3) is 0.556. The first-order chi connectivity index (χ1) is 6.09. The summed E-state index contributed by atoms with van der Waals surface area (Å²) in [5.41, 5.74) is -1.36. The summed E-state index contributed by atoms with van der Waals surface area (Å²) >= 11 is 0. The Labute approximate surface area is 76.2 Å². The van der Waals surface area contributed by atoms with Crippen LogP contribution in [0.15, 0.2) is 12.7 Å². The van der Waals surface area contributed by atoms with E-state index >= 15 is 0 Å². The highest BCUT2D eigenvalue weighted by atomic mass is 16.5. The number of ether oxygens (including phenoxy) is 1. The first-order valence-electron chi connectivity index (χ1n) is 4.04. The normalized spacial score (nSPS) is 31.6. The van der Waals surface area contributed by atoms with E-state index in [1.165, 1.54) is 13.2 Å². The third-order valence-corrected chi connectivity index (χ3v) is 2.70. The zero-order valence-corrected chi connectivity index (χ0v) is 7.45. The first kappa shape index (κ1) is 9.77. The summed E-state index contributed by atoms with van der Waals surface area (Å²) in [7, 11) is 1.20. The molecule has 0 aromatic carbocycles. The van der Waals surface area contributed by atoms with Crippen LogP contribution in [0.1, 0.15) is 12.8 Å². The van der Waals surface area contributed by atoms with Crippen LogP contribution < -0.4 is 0 Å². The van der Waals surface area contributed by atoms with E-state index in [1.54, 1.807) is 0 Å². The summed E-state index contributed by atoms with van der Waals surface area (Å²) in [6.07, 6.45) is 2.53. The number of rotatable bonds is 3. The molecule has 0 bridgehead atoms. The second kappa shape index (κ2) is 3.20. The van der Waals surface area contributed by atoms with Crippen molar-refractivity contribution in [3.8, 4) is 0 Å². The van der Waals surface area contributed by atoms with E-state index in [1.807, 2.05) is 0 Å². The molecule has 1 saturated carbocycles. The number of carboxylic acid groups (broad SMARTS) is 1. The van der Waals surface area contributed by atoms with Gasteiger partial charge in [0.15, 0.2) is 5.41 Å². The van der Waals surface area contributed by atoms with Gasteiger partial charge < -0.3 is 9.84 Å². The summed E-state index contributed by atoms with van der Waals surface area (Å²) < 4.78 is 4.48. The molecule has 0 amide bonds. The Hall–Kier alpha value is -1.32. The fourth-order valence-electron chi connectivity index (χ4n) is 1.71. The second-order valence-electron chi connectivity index (χ2n) is 3.15. The van der Waals surface area contributed by atoms with Crippen molar-refractivity contribution in [1.82, 2.24) is 0 Å². The van der Waals surface area contributed by atoms with Gasteiger partial charge in [-0.05, 0) is 12.8 Å². The van der Waals surface area contributed by atoms with Gasteiger partial charge in [-0.3, -0.25) is 9.59 Å². The van der Waals surface area contributed by atoms with Gasteiger partial charge in [-0.25, -0.2) is 0 Å². The summed E-state index contributed by atoms with van der Waals surface area (Å²) in [6.45, 7) is 3.51. The lowest BCUT2D eigenvalue weighted by Crippen LogP contribution is -2.52. The Bertz CT molecular complexity index is 258. The average molecular weight is 184 g/mol. The molecule has 4 nitrogen and oxygen atoms in total. The maximum atomic E-state index is 11.3. The van der Waals surface area contributed by atoms with Gasteiger partial charge in [-0.1, -0.05) is 6.08 Å². The third kappa shape index (κ3) is 1.13. The van der Waals surface area contributed by atoms with Gasteiger partial charge in [0.05, 0.1) is 7.11 Å². The van der Waals surface area contributed by atoms with Crippen molar-refractivity contribution in [2.45, 2.75) is 12.8 Å². The van der Waals surface area contributed by atoms with Crippen molar-refractivity contribution >= 4 is 11.9 Å². The Morgan fingerprint density at radius 3 is 2.54 bits per heavy atom. The maximum absolute atomic E-state index is 11.3. The molecule has 1 aliphatic rings. The highest BCUT2D eigenvalue weighted by molar-refractivity contribution is 6.00. The van der Waals surface area contributed by atoms with E-state index in [2.05, 4.69) is 11.3 Å². The molecule has 1 N–H and O–H groups in total. The van der Waals surface area contributed by atoms with Gasteiger partial charge in [-0.2, -0.15) is 0 Å². The molecule has 1 aliphatic carbocycles. The minimum Gasteiger partial charge on any atom is -0.480 e. The lowest BCUT2D eigenvalue weighted by molar-refractivity contribution is -0.178. The van der Waals surface area contributed by atoms with Crippen molar-refractivity contribution in [1.29, 1.82) is 0 Å². The quantitative estimate of drug-likeness (QED) is 0.401. The molecule has 0 aromatic rings. The minimum absolute atomic E-state index is 0.294. The Kier molecular flexibility index (Phi) is 2.40. The van der Waals surface area contributed by atoms with Crippen molar-refractivity contribution in [2.24, 2.45) is 11.3 Å². The number of carbonyl (C=O) groups excluding carboxylic acids is 1. The van der Waals surface area contributed by atoms with E-state index < -0.39 is 17.4 Å². The van der Waals surface area contributed by atoms with Crippen LogP contribution in [-0.2, 0) is 14.3 Å². The molecule has 0 aromatic heterocycles. The summed E-state index contributed by atoms with van der Waals surface area (Å²) in [4.78, 5) is 22.2. The maximum Gasteiger partial charge on any atom is 0.323 e. The number of hydrogen-bond donors (Lipinski definition) is 1. The lowest BCUT2D eigenvalue weighted by Gasteiger charge is -2.41. The van der Waals surface area contributed by atoms with Crippen LogP contribution in [0, 0.1) is 11.3 Å². The number of allylic oxidation sites excluding steroid dienone is 1. The number of aliphatic carboxylic acids is 1. The van der Waals surface area contributed by atoms with Crippen LogP contribution in [0.5, 0.6) is 0 Å². The molecule has 13 heavy (non-hydrogen) atoms. The van der Waals surface area contributed by atoms with Crippen molar-refractivity contribution in [2.75, 3.05) is 7.11 Å². The predicted molar refractivity (Wildman–Crippen MR) is 45.0 cm³/mol. The zero-order chi connectivity index (χ0) is 10.1. The molecule has 0 heterocycles. The Balaban J connectivity index is 2.95. The topological polar surface area (TPSA) is 63.6 Å². The van der Waals surface area contributed by atoms with E-state index in [-0.39, 0.29) is 5.92 Å². The summed E-state index contributed by atoms with van der Waals surface area (Å²) in [6, 6.07) is 0. The lowest BCUT2D eigenvalue weighted by atomic mass is 9.60. The molecule has 0 saturated heterocycles. The van der Waals surface area contributed by atoms with E-state index in [4.69, 9.17) is 5.11 Å². The number of methoxy groups -OCH3 is 1. The summed E-state index contributed by atoms with van der Waals surface area (Å²) in [5, 5.41) is 8.94. The van der Waals surface area contributed by atoms with E-state index in [0.29, 0.717) is 12.8 Å². The first-order valence-corrected chi connectivity index (χ1v) is 4.04. The van der Waals surface area contributed by atoms with E-state index in [0.717, 1.165) is 0 Å². The molecule has 0 aliphatic heterocycles. The van der Waals surface area contributed by atoms with Crippen molar-refractivity contribution in [3.05, 3.63) is 12.7 Å². The molecule has 1 rings (SSSR count). The predicted octanol–water partition coefficient (Wildman–Crippen LogP) is 0.826. The van der Waals surface area contributed by atoms with Gasteiger partial charge in [0.1, 0.15) is 0 Å². The molecule has 0 spiro atoms. The van der Waals surface area contributed by atoms with Crippen LogP contribution in [-0.4, -0.2) is 24.2 Å². The molecule has 1 fully saturated rings. The van der Waals surface area contributed by atoms with Crippen molar-refractivity contribution < 1.29 is 19.4 Å². The molecule has 72 valence electrons. The van der Waals surface area contributed by atoms with Gasteiger partial charge >= 0.3 is 11.9 Å². The van der Waals surface area contributed by atoms with Gasteiger partial charge in [0, 0.05) is 5.92 Å². The van der Waals surface area contributed by atoms with Crippen LogP contribution in [0.4, 0.5) is 0 Å². The van der Waals surface area contributed by atoms with Gasteiger partial charge in [0.25, 0.3) is 0 Å². The number of esters is 1. The monoisotopic (exact) mass is 184 g/mol. The highest BCUT2D eigenvalue weighted by Crippen LogP contribution is 2.48. The second-order valence-corrected chi connectivity index (χ2v) is 3.15. The molecule has 0 radical (unpaired) electrons. The molecule has 2 unspecified atom stereocenters. The molecular weight excluding hydrogens is 172 g/mol. The third-order valence-electron chi connectivity index (χ3n) is 2.70. The van der Waals surface area contributed by atoms with Crippen LogP contribution in [0.3, 0.4) is 0 Å². The highest BCUT2D eigenvalue weighted by Gasteiger charge is 2.58. The van der Waals surface area contributed by atoms with Gasteiger partial charge in [-0.15, -0.1) is 6.58 Å². The SMILES string of the molecule is C=CC1CCC1(C(=O)O)C(=O)OC. The van der Waals surface area contributed by atoms with Crippen LogP contribution in [0.2, 0.25) is 0 Å². The molecule has 2 atom stereocenters. The number of hydrogen-bond acceptors (Lipinski definition) is 3. The average Bonchev–Trinajstić information content (AvgIpc) is 2.03. The zero-order valence-electron chi connectivity index (χ0n) is 7.45. The van der Waals surface area contributed by atoms with Gasteiger partial charge in [0.2, 0.25) is 0 Å². The number of carboxylic acids is 1. The summed E-state index contributed by atoms with van der Waals surface area (Å²) in [5.74, 6) is -2.08. The Morgan fingerprint density at radius 2 is 2.31 bits per heavy atom. The standard InChI is InChI=1S/C9H12O4/c1-3-6-4-5-9(6,7(10)11)8(12)13-2/h3,6H,1,4-5H2,2H3,(H,10,11).